The van der Waals surface area contributed by atoms with Gasteiger partial charge in [0.1, 0.15) is 5.01 Å². The van der Waals surface area contributed by atoms with Crippen molar-refractivity contribution in [2.24, 2.45) is 4.99 Å². The highest BCUT2D eigenvalue weighted by Gasteiger charge is 2.06. The normalized spacial score (nSPS) is 11.3. The Morgan fingerprint density at radius 1 is 1.24 bits per heavy atom. The van der Waals surface area contributed by atoms with Crippen molar-refractivity contribution in [3.8, 4) is 0 Å². The predicted octanol–water partition coefficient (Wildman–Crippen LogP) is 3.22. The first-order valence-electron chi connectivity index (χ1n) is 7.90. The molecule has 0 aliphatic carbocycles. The molecule has 6 nitrogen and oxygen atoms in total. The monoisotopic (exact) mass is 423 g/mol. The summed E-state index contributed by atoms with van der Waals surface area (Å²) in [6, 6.07) is 7.49. The summed E-state index contributed by atoms with van der Waals surface area (Å²) in [4.78, 5) is 21.8. The zero-order valence-electron chi connectivity index (χ0n) is 14.5. The summed E-state index contributed by atoms with van der Waals surface area (Å²) >= 11 is 5.04. The molecular weight excluding hydrogens is 402 g/mol. The lowest BCUT2D eigenvalue weighted by atomic mass is 10.3. The van der Waals surface area contributed by atoms with Crippen LogP contribution in [0.1, 0.15) is 22.0 Å². The van der Waals surface area contributed by atoms with Crippen LogP contribution in [0.15, 0.2) is 33.7 Å². The first-order chi connectivity index (χ1) is 12.0. The maximum atomic E-state index is 12.0. The van der Waals surface area contributed by atoms with Gasteiger partial charge in [0.15, 0.2) is 5.96 Å². The topological polar surface area (TPSA) is 78.4 Å². The Bertz CT molecular complexity index is 722. The van der Waals surface area contributed by atoms with E-state index in [4.69, 9.17) is 0 Å². The van der Waals surface area contributed by atoms with Crippen LogP contribution in [-0.4, -0.2) is 30.4 Å². The SMILES string of the molecule is CN=C(NCCC(=O)Nc1ccc(Br)cc1)NCc1nc(C)c(C)s1. The molecule has 3 N–H and O–H groups in total. The van der Waals surface area contributed by atoms with Crippen molar-refractivity contribution in [1.82, 2.24) is 15.6 Å². The average molecular weight is 424 g/mol. The van der Waals surface area contributed by atoms with Crippen molar-refractivity contribution >= 4 is 44.8 Å². The minimum Gasteiger partial charge on any atom is -0.356 e. The predicted molar refractivity (Wildman–Crippen MR) is 107 cm³/mol. The zero-order valence-corrected chi connectivity index (χ0v) is 16.9. The van der Waals surface area contributed by atoms with Gasteiger partial charge in [-0.05, 0) is 38.1 Å². The molecule has 0 unspecified atom stereocenters. The van der Waals surface area contributed by atoms with Gasteiger partial charge in [0, 0.05) is 35.1 Å². The molecule has 1 aromatic carbocycles. The summed E-state index contributed by atoms with van der Waals surface area (Å²) in [6.45, 7) is 5.18. The van der Waals surface area contributed by atoms with Crippen molar-refractivity contribution in [1.29, 1.82) is 0 Å². The number of anilines is 1. The van der Waals surface area contributed by atoms with Crippen molar-refractivity contribution in [2.45, 2.75) is 26.8 Å². The molecule has 2 rings (SSSR count). The van der Waals surface area contributed by atoms with E-state index in [1.54, 1.807) is 18.4 Å². The van der Waals surface area contributed by atoms with E-state index in [0.29, 0.717) is 25.5 Å². The Balaban J connectivity index is 1.71. The van der Waals surface area contributed by atoms with Crippen molar-refractivity contribution in [2.75, 3.05) is 18.9 Å². The number of aryl methyl sites for hydroxylation is 2. The highest BCUT2D eigenvalue weighted by molar-refractivity contribution is 9.10. The smallest absolute Gasteiger partial charge is 0.226 e. The molecule has 0 spiro atoms. The van der Waals surface area contributed by atoms with Crippen LogP contribution in [0.3, 0.4) is 0 Å². The van der Waals surface area contributed by atoms with Crippen molar-refractivity contribution in [3.05, 3.63) is 44.3 Å². The number of rotatable bonds is 6. The van der Waals surface area contributed by atoms with Gasteiger partial charge in [-0.25, -0.2) is 4.98 Å². The molecule has 2 aromatic rings. The Labute approximate surface area is 160 Å². The first kappa shape index (κ1) is 19.4. The Morgan fingerprint density at radius 3 is 2.56 bits per heavy atom. The maximum Gasteiger partial charge on any atom is 0.226 e. The Morgan fingerprint density at radius 2 is 1.96 bits per heavy atom. The highest BCUT2D eigenvalue weighted by Crippen LogP contribution is 2.16. The number of hydrogen-bond donors (Lipinski definition) is 3. The quantitative estimate of drug-likeness (QED) is 0.492. The third-order valence-electron chi connectivity index (χ3n) is 3.48. The second-order valence-electron chi connectivity index (χ2n) is 5.41. The number of halogens is 1. The van der Waals surface area contributed by atoms with Gasteiger partial charge in [-0.15, -0.1) is 11.3 Å². The van der Waals surface area contributed by atoms with Gasteiger partial charge in [-0.2, -0.15) is 0 Å². The fraction of sp³-hybridized carbons (Fsp3) is 0.353. The highest BCUT2D eigenvalue weighted by atomic mass is 79.9. The molecule has 0 aliphatic heterocycles. The number of carbonyl (C=O) groups is 1. The molecular formula is C17H22BrN5OS. The van der Waals surface area contributed by atoms with E-state index < -0.39 is 0 Å². The standard InChI is InChI=1S/C17H22BrN5OS/c1-11-12(2)25-16(22-11)10-21-17(19-3)20-9-8-15(24)23-14-6-4-13(18)5-7-14/h4-7H,8-10H2,1-3H3,(H,23,24)(H2,19,20,21). The molecule has 134 valence electrons. The molecule has 25 heavy (non-hydrogen) atoms. The maximum absolute atomic E-state index is 12.0. The van der Waals surface area contributed by atoms with Gasteiger partial charge >= 0.3 is 0 Å². The van der Waals surface area contributed by atoms with Crippen LogP contribution in [0.4, 0.5) is 5.69 Å². The summed E-state index contributed by atoms with van der Waals surface area (Å²) in [6.07, 6.45) is 0.353. The largest absolute Gasteiger partial charge is 0.356 e. The van der Waals surface area contributed by atoms with Crippen LogP contribution in [0.2, 0.25) is 0 Å². The zero-order chi connectivity index (χ0) is 18.2. The number of hydrogen-bond acceptors (Lipinski definition) is 4. The summed E-state index contributed by atoms with van der Waals surface area (Å²) in [5, 5.41) is 10.2. The van der Waals surface area contributed by atoms with Crippen LogP contribution in [0.5, 0.6) is 0 Å². The van der Waals surface area contributed by atoms with Gasteiger partial charge in [0.2, 0.25) is 5.91 Å². The molecule has 0 fully saturated rings. The number of thiazole rings is 1. The number of nitrogens with one attached hydrogen (secondary N) is 3. The van der Waals surface area contributed by atoms with Gasteiger partial charge < -0.3 is 16.0 Å². The molecule has 0 saturated carbocycles. The number of amides is 1. The van der Waals surface area contributed by atoms with E-state index in [9.17, 15) is 4.79 Å². The van der Waals surface area contributed by atoms with Crippen LogP contribution in [0, 0.1) is 13.8 Å². The minimum atomic E-state index is -0.0450. The average Bonchev–Trinajstić information content (AvgIpc) is 2.91. The molecule has 0 atom stereocenters. The molecule has 8 heteroatoms. The molecule has 0 aliphatic rings. The van der Waals surface area contributed by atoms with E-state index in [2.05, 4.69) is 48.8 Å². The van der Waals surface area contributed by atoms with E-state index >= 15 is 0 Å². The third kappa shape index (κ3) is 6.47. The number of aliphatic imine (C=N–C) groups is 1. The molecule has 0 saturated heterocycles. The number of nitrogens with zero attached hydrogens (tertiary/aromatic N) is 2. The number of benzene rings is 1. The summed E-state index contributed by atoms with van der Waals surface area (Å²) < 4.78 is 0.979. The molecule has 1 aromatic heterocycles. The summed E-state index contributed by atoms with van der Waals surface area (Å²) in [7, 11) is 1.70. The fourth-order valence-corrected chi connectivity index (χ4v) is 3.18. The van der Waals surface area contributed by atoms with Crippen molar-refractivity contribution < 1.29 is 4.79 Å². The van der Waals surface area contributed by atoms with Crippen molar-refractivity contribution in [3.63, 3.8) is 0 Å². The Hall–Kier alpha value is -1.93. The second-order valence-corrected chi connectivity index (χ2v) is 7.61. The summed E-state index contributed by atoms with van der Waals surface area (Å²) in [5.41, 5.74) is 1.85. The van der Waals surface area contributed by atoms with Crippen LogP contribution < -0.4 is 16.0 Å². The molecule has 1 amide bonds. The lowest BCUT2D eigenvalue weighted by Gasteiger charge is -2.11. The summed E-state index contributed by atoms with van der Waals surface area (Å²) in [5.74, 6) is 0.610. The number of aromatic nitrogens is 1. The fourth-order valence-electron chi connectivity index (χ4n) is 2.05. The number of carbonyl (C=O) groups excluding carboxylic acids is 1. The van der Waals surface area contributed by atoms with Crippen LogP contribution in [-0.2, 0) is 11.3 Å². The molecule has 0 bridgehead atoms. The second kappa shape index (κ2) is 9.53. The van der Waals surface area contributed by atoms with Crippen LogP contribution >= 0.6 is 27.3 Å². The molecule has 1 heterocycles. The van der Waals surface area contributed by atoms with Gasteiger partial charge in [-0.1, -0.05) is 15.9 Å². The lowest BCUT2D eigenvalue weighted by Crippen LogP contribution is -2.38. The lowest BCUT2D eigenvalue weighted by molar-refractivity contribution is -0.116. The Kier molecular flexibility index (Phi) is 7.39. The van der Waals surface area contributed by atoms with E-state index in [1.165, 1.54) is 4.88 Å². The van der Waals surface area contributed by atoms with Crippen LogP contribution in [0.25, 0.3) is 0 Å². The van der Waals surface area contributed by atoms with E-state index in [-0.39, 0.29) is 5.91 Å². The third-order valence-corrected chi connectivity index (χ3v) is 5.08. The van der Waals surface area contributed by atoms with E-state index in [1.807, 2.05) is 31.2 Å². The number of guanidine groups is 1. The van der Waals surface area contributed by atoms with E-state index in [0.717, 1.165) is 20.9 Å². The van der Waals surface area contributed by atoms with Gasteiger partial charge in [0.25, 0.3) is 0 Å². The molecule has 0 radical (unpaired) electrons. The first-order valence-corrected chi connectivity index (χ1v) is 9.51. The van der Waals surface area contributed by atoms with Gasteiger partial charge in [-0.3, -0.25) is 9.79 Å². The minimum absolute atomic E-state index is 0.0450. The van der Waals surface area contributed by atoms with Gasteiger partial charge in [0.05, 0.1) is 12.2 Å².